The molecule has 0 aliphatic carbocycles. The fourth-order valence-corrected chi connectivity index (χ4v) is 5.94. The zero-order chi connectivity index (χ0) is 18.9. The van der Waals surface area contributed by atoms with E-state index in [1.807, 2.05) is 30.3 Å². The number of aliphatic carboxylic acids is 1. The fraction of sp³-hybridized carbons (Fsp3) is 0.444. The molecule has 3 rings (SSSR count). The van der Waals surface area contributed by atoms with Crippen molar-refractivity contribution in [2.24, 2.45) is 11.8 Å². The normalized spacial score (nSPS) is 16.4. The lowest BCUT2D eigenvalue weighted by atomic mass is 9.98. The average molecular weight is 395 g/mol. The lowest BCUT2D eigenvalue weighted by Gasteiger charge is -2.27. The Labute approximate surface area is 157 Å². The first-order valence-corrected chi connectivity index (χ1v) is 10.9. The number of thiazole rings is 1. The summed E-state index contributed by atoms with van der Waals surface area (Å²) < 4.78 is 26.8. The van der Waals surface area contributed by atoms with Gasteiger partial charge in [0, 0.05) is 17.0 Å². The van der Waals surface area contributed by atoms with Gasteiger partial charge in [-0.25, -0.2) is 13.4 Å². The van der Waals surface area contributed by atoms with Crippen LogP contribution >= 0.6 is 11.3 Å². The molecule has 0 saturated heterocycles. The summed E-state index contributed by atoms with van der Waals surface area (Å²) in [5.41, 5.74) is 1.80. The van der Waals surface area contributed by atoms with Gasteiger partial charge < -0.3 is 5.11 Å². The van der Waals surface area contributed by atoms with E-state index in [1.54, 1.807) is 25.2 Å². The lowest BCUT2D eigenvalue weighted by molar-refractivity contribution is -0.142. The highest BCUT2D eigenvalue weighted by molar-refractivity contribution is 7.89. The van der Waals surface area contributed by atoms with Crippen LogP contribution in [-0.2, 0) is 27.8 Å². The monoisotopic (exact) mass is 394 g/mol. The van der Waals surface area contributed by atoms with Crippen molar-refractivity contribution < 1.29 is 18.3 Å². The van der Waals surface area contributed by atoms with Crippen molar-refractivity contribution in [1.29, 1.82) is 0 Å². The number of fused-ring (bicyclic) bond motifs is 1. The highest BCUT2D eigenvalue weighted by atomic mass is 32.2. The smallest absolute Gasteiger partial charge is 0.307 e. The van der Waals surface area contributed by atoms with Crippen LogP contribution in [0.4, 0.5) is 0 Å². The van der Waals surface area contributed by atoms with Crippen LogP contribution in [0.3, 0.4) is 0 Å². The maximum Gasteiger partial charge on any atom is 0.307 e. The molecule has 1 aliphatic rings. The van der Waals surface area contributed by atoms with Crippen molar-refractivity contribution in [3.05, 3.63) is 40.9 Å². The molecule has 0 bridgehead atoms. The van der Waals surface area contributed by atoms with Crippen molar-refractivity contribution in [2.45, 2.75) is 26.8 Å². The number of benzene rings is 1. The number of carboxylic acids is 1. The summed E-state index contributed by atoms with van der Waals surface area (Å²) in [7, 11) is -3.65. The van der Waals surface area contributed by atoms with Gasteiger partial charge >= 0.3 is 5.97 Å². The van der Waals surface area contributed by atoms with Crippen molar-refractivity contribution in [1.82, 2.24) is 9.29 Å². The van der Waals surface area contributed by atoms with Gasteiger partial charge in [0.05, 0.1) is 23.9 Å². The van der Waals surface area contributed by atoms with Crippen LogP contribution in [0.25, 0.3) is 10.6 Å². The third kappa shape index (κ3) is 3.97. The summed E-state index contributed by atoms with van der Waals surface area (Å²) in [6.07, 6.45) is 0.610. The van der Waals surface area contributed by atoms with Crippen LogP contribution in [0.15, 0.2) is 30.3 Å². The van der Waals surface area contributed by atoms with Crippen LogP contribution in [-0.4, -0.2) is 41.1 Å². The van der Waals surface area contributed by atoms with E-state index in [0.717, 1.165) is 21.1 Å². The molecule has 26 heavy (non-hydrogen) atoms. The van der Waals surface area contributed by atoms with E-state index in [0.29, 0.717) is 13.0 Å². The van der Waals surface area contributed by atoms with E-state index < -0.39 is 21.9 Å². The van der Waals surface area contributed by atoms with Gasteiger partial charge in [-0.05, 0) is 12.3 Å². The maximum absolute atomic E-state index is 12.7. The molecule has 2 aromatic rings. The van der Waals surface area contributed by atoms with Crippen LogP contribution in [0.5, 0.6) is 0 Å². The zero-order valence-electron chi connectivity index (χ0n) is 14.8. The summed E-state index contributed by atoms with van der Waals surface area (Å²) in [6.45, 7) is 4.05. The largest absolute Gasteiger partial charge is 0.481 e. The second-order valence-corrected chi connectivity index (χ2v) is 9.90. The van der Waals surface area contributed by atoms with Crippen LogP contribution < -0.4 is 0 Å². The Morgan fingerprint density at radius 3 is 2.62 bits per heavy atom. The first kappa shape index (κ1) is 19.0. The van der Waals surface area contributed by atoms with Crippen LogP contribution in [0.1, 0.15) is 24.4 Å². The summed E-state index contributed by atoms with van der Waals surface area (Å²) in [5.74, 6) is -2.59. The van der Waals surface area contributed by atoms with E-state index in [4.69, 9.17) is 0 Å². The van der Waals surface area contributed by atoms with Crippen LogP contribution in [0, 0.1) is 11.8 Å². The van der Waals surface area contributed by atoms with Gasteiger partial charge in [0.2, 0.25) is 10.0 Å². The first-order chi connectivity index (χ1) is 12.3. The molecular weight excluding hydrogens is 372 g/mol. The molecule has 8 heteroatoms. The molecule has 1 atom stereocenters. The van der Waals surface area contributed by atoms with Gasteiger partial charge in [0.15, 0.2) is 0 Å². The minimum Gasteiger partial charge on any atom is -0.481 e. The summed E-state index contributed by atoms with van der Waals surface area (Å²) in [5, 5.41) is 10.2. The minimum atomic E-state index is -3.65. The number of carbonyl (C=O) groups is 1. The molecule has 0 spiro atoms. The summed E-state index contributed by atoms with van der Waals surface area (Å²) in [4.78, 5) is 17.1. The second kappa shape index (κ2) is 7.46. The minimum absolute atomic E-state index is 0.214. The predicted molar refractivity (Wildman–Crippen MR) is 101 cm³/mol. The van der Waals surface area contributed by atoms with E-state index in [1.165, 1.54) is 4.31 Å². The third-order valence-corrected chi connectivity index (χ3v) is 7.70. The average Bonchev–Trinajstić information content (AvgIpc) is 3.03. The molecule has 140 valence electrons. The van der Waals surface area contributed by atoms with E-state index in [9.17, 15) is 18.3 Å². The number of hydrogen-bond donors (Lipinski definition) is 1. The first-order valence-electron chi connectivity index (χ1n) is 8.52. The van der Waals surface area contributed by atoms with Gasteiger partial charge in [-0.2, -0.15) is 4.31 Å². The van der Waals surface area contributed by atoms with Crippen molar-refractivity contribution in [2.75, 3.05) is 12.3 Å². The molecule has 1 aromatic carbocycles. The Morgan fingerprint density at radius 2 is 2.00 bits per heavy atom. The SMILES string of the molecule is CC(C)C(CS(=O)(=O)N1CCc2sc(-c3ccccc3)nc2C1)C(=O)O. The Kier molecular flexibility index (Phi) is 5.45. The summed E-state index contributed by atoms with van der Waals surface area (Å²) >= 11 is 1.60. The molecule has 0 amide bonds. The molecule has 0 fully saturated rings. The Morgan fingerprint density at radius 1 is 1.31 bits per heavy atom. The number of aromatic nitrogens is 1. The predicted octanol–water partition coefficient (Wildman–Crippen LogP) is 2.85. The van der Waals surface area contributed by atoms with Gasteiger partial charge in [0.1, 0.15) is 5.01 Å². The highest BCUT2D eigenvalue weighted by Crippen LogP contribution is 2.32. The second-order valence-electron chi connectivity index (χ2n) is 6.81. The fourth-order valence-electron chi connectivity index (χ4n) is 3.00. The van der Waals surface area contributed by atoms with E-state index in [2.05, 4.69) is 4.98 Å². The molecular formula is C18H22N2O4S2. The Bertz CT molecular complexity index is 891. The van der Waals surface area contributed by atoms with E-state index >= 15 is 0 Å². The number of carboxylic acid groups (broad SMARTS) is 1. The topological polar surface area (TPSA) is 87.6 Å². The van der Waals surface area contributed by atoms with Crippen molar-refractivity contribution >= 4 is 27.3 Å². The third-order valence-electron chi connectivity index (χ3n) is 4.62. The van der Waals surface area contributed by atoms with Gasteiger partial charge in [-0.15, -0.1) is 11.3 Å². The Hall–Kier alpha value is -1.77. The van der Waals surface area contributed by atoms with Crippen LogP contribution in [0.2, 0.25) is 0 Å². The van der Waals surface area contributed by atoms with Gasteiger partial charge in [-0.3, -0.25) is 4.79 Å². The molecule has 1 aromatic heterocycles. The van der Waals surface area contributed by atoms with Crippen molar-refractivity contribution in [3.63, 3.8) is 0 Å². The van der Waals surface area contributed by atoms with Crippen molar-refractivity contribution in [3.8, 4) is 10.6 Å². The zero-order valence-corrected chi connectivity index (χ0v) is 16.4. The van der Waals surface area contributed by atoms with Gasteiger partial charge in [-0.1, -0.05) is 44.2 Å². The molecule has 1 N–H and O–H groups in total. The number of rotatable bonds is 6. The van der Waals surface area contributed by atoms with Gasteiger partial charge in [0.25, 0.3) is 0 Å². The van der Waals surface area contributed by atoms with E-state index in [-0.39, 0.29) is 18.2 Å². The molecule has 0 radical (unpaired) electrons. The number of sulfonamides is 1. The molecule has 2 heterocycles. The standard InChI is InChI=1S/C18H22N2O4S2/c1-12(2)14(18(21)22)11-26(23,24)20-9-8-16-15(10-20)19-17(25-16)13-6-4-3-5-7-13/h3-7,12,14H,8-11H2,1-2H3,(H,21,22). The number of nitrogens with zero attached hydrogens (tertiary/aromatic N) is 2. The lowest BCUT2D eigenvalue weighted by Crippen LogP contribution is -2.41. The molecule has 1 aliphatic heterocycles. The maximum atomic E-state index is 12.7. The quantitative estimate of drug-likeness (QED) is 0.814. The highest BCUT2D eigenvalue weighted by Gasteiger charge is 2.34. The summed E-state index contributed by atoms with van der Waals surface area (Å²) in [6, 6.07) is 9.81. The molecule has 1 unspecified atom stereocenters. The number of hydrogen-bond acceptors (Lipinski definition) is 5. The molecule has 6 nitrogen and oxygen atoms in total. The molecule has 0 saturated carbocycles. The Balaban J connectivity index is 1.79.